The van der Waals surface area contributed by atoms with E-state index in [1.54, 1.807) is 0 Å². The van der Waals surface area contributed by atoms with Crippen LogP contribution < -0.4 is 5.32 Å². The highest BCUT2D eigenvalue weighted by Gasteiger charge is 2.33. The van der Waals surface area contributed by atoms with Gasteiger partial charge in [0.1, 0.15) is 0 Å². The van der Waals surface area contributed by atoms with Crippen molar-refractivity contribution in [2.24, 2.45) is 0 Å². The van der Waals surface area contributed by atoms with Gasteiger partial charge < -0.3 is 24.6 Å². The molecule has 3 aliphatic heterocycles. The Morgan fingerprint density at radius 1 is 0.818 bits per heavy atom. The largest absolute Gasteiger partial charge is 0.479 e. The summed E-state index contributed by atoms with van der Waals surface area (Å²) >= 11 is 0. The van der Waals surface area contributed by atoms with E-state index in [0.29, 0.717) is 52.6 Å². The van der Waals surface area contributed by atoms with Crippen molar-refractivity contribution in [3.63, 3.8) is 0 Å². The number of aliphatic carboxylic acids is 1. The monoisotopic (exact) mass is 317 g/mol. The second-order valence-corrected chi connectivity index (χ2v) is 5.37. The molecule has 0 unspecified atom stereocenters. The van der Waals surface area contributed by atoms with Gasteiger partial charge in [-0.25, -0.2) is 4.79 Å². The number of nitrogens with zero attached hydrogens (tertiary/aromatic N) is 2. The first-order valence-electron chi connectivity index (χ1n) is 7.94. The Kier molecular flexibility index (Phi) is 8.06. The van der Waals surface area contributed by atoms with Crippen molar-refractivity contribution in [1.82, 2.24) is 15.1 Å². The molecule has 0 aromatic carbocycles. The van der Waals surface area contributed by atoms with Crippen molar-refractivity contribution in [3.05, 3.63) is 0 Å². The third-order valence-corrected chi connectivity index (χ3v) is 3.85. The molecule has 0 aromatic rings. The summed E-state index contributed by atoms with van der Waals surface area (Å²) in [6.45, 7) is 9.07. The quantitative estimate of drug-likeness (QED) is 0.662. The van der Waals surface area contributed by atoms with Crippen molar-refractivity contribution in [1.29, 1.82) is 0 Å². The maximum atomic E-state index is 11.3. The van der Waals surface area contributed by atoms with Crippen LogP contribution in [0.15, 0.2) is 0 Å². The number of carboxylic acids is 1. The normalized spacial score (nSPS) is 24.6. The molecule has 0 spiro atoms. The number of ether oxygens (including phenoxy) is 3. The van der Waals surface area contributed by atoms with Crippen LogP contribution in [0.4, 0.5) is 0 Å². The number of rotatable bonds is 3. The molecule has 0 aliphatic carbocycles. The van der Waals surface area contributed by atoms with Gasteiger partial charge in [-0.1, -0.05) is 0 Å². The topological polar surface area (TPSA) is 83.5 Å². The number of carboxylic acid groups (broad SMARTS) is 1. The molecule has 3 heterocycles. The van der Waals surface area contributed by atoms with Gasteiger partial charge in [-0.2, -0.15) is 0 Å². The van der Waals surface area contributed by atoms with Crippen LogP contribution in [0.25, 0.3) is 0 Å². The lowest BCUT2D eigenvalue weighted by Gasteiger charge is -2.40. The lowest BCUT2D eigenvalue weighted by atomic mass is 10.3. The minimum absolute atomic E-state index is 0.521. The van der Waals surface area contributed by atoms with Crippen LogP contribution in [-0.2, 0) is 19.0 Å². The molecule has 3 saturated heterocycles. The Morgan fingerprint density at radius 2 is 1.23 bits per heavy atom. The van der Waals surface area contributed by atoms with Crippen LogP contribution in [0.5, 0.6) is 0 Å². The summed E-state index contributed by atoms with van der Waals surface area (Å²) in [5.74, 6) is -0.774. The molecule has 0 bridgehead atoms. The van der Waals surface area contributed by atoms with E-state index in [9.17, 15) is 9.90 Å². The van der Waals surface area contributed by atoms with E-state index in [1.165, 1.54) is 0 Å². The fourth-order valence-corrected chi connectivity index (χ4v) is 2.70. The highest BCUT2D eigenvalue weighted by Crippen LogP contribution is 2.11. The number of hydrogen-bond acceptors (Lipinski definition) is 7. The van der Waals surface area contributed by atoms with Gasteiger partial charge in [-0.3, -0.25) is 9.80 Å². The predicted molar refractivity (Wildman–Crippen MR) is 79.9 cm³/mol. The molecule has 3 aliphatic rings. The number of carbonyl (C=O) groups is 1. The van der Waals surface area contributed by atoms with Gasteiger partial charge in [0.25, 0.3) is 0 Å². The Labute approximate surface area is 131 Å². The summed E-state index contributed by atoms with van der Waals surface area (Å²) in [6, 6.07) is 0. The maximum Gasteiger partial charge on any atom is 0.336 e. The van der Waals surface area contributed by atoms with E-state index in [1.807, 2.05) is 9.80 Å². The van der Waals surface area contributed by atoms with Crippen molar-refractivity contribution in [2.75, 3.05) is 78.9 Å². The van der Waals surface area contributed by atoms with Gasteiger partial charge >= 0.3 is 5.97 Å². The average Bonchev–Trinajstić information content (AvgIpc) is 2.59. The molecule has 0 saturated carbocycles. The SMILES string of the molecule is C1COCCN1.O=C(O)C(N1CCOCC1)N1CCOCC1. The number of nitrogens with one attached hydrogen (secondary N) is 1. The molecule has 0 amide bonds. The first-order valence-corrected chi connectivity index (χ1v) is 7.94. The standard InChI is InChI=1S/C10H18N2O4.C4H9NO/c13-10(14)9(11-1-5-15-6-2-11)12-3-7-16-8-4-12;1-3-6-4-2-5-1/h9H,1-8H2,(H,13,14);5H,1-4H2. The zero-order chi connectivity index (χ0) is 15.6. The van der Waals surface area contributed by atoms with E-state index in [0.717, 1.165) is 26.3 Å². The first-order chi connectivity index (χ1) is 10.8. The summed E-state index contributed by atoms with van der Waals surface area (Å²) < 4.78 is 15.5. The third kappa shape index (κ3) is 5.79. The summed E-state index contributed by atoms with van der Waals surface area (Å²) in [5, 5.41) is 12.5. The fourth-order valence-electron chi connectivity index (χ4n) is 2.70. The molecule has 0 radical (unpaired) electrons. The summed E-state index contributed by atoms with van der Waals surface area (Å²) in [7, 11) is 0. The number of morpholine rings is 3. The Morgan fingerprint density at radius 3 is 1.50 bits per heavy atom. The average molecular weight is 317 g/mol. The summed E-state index contributed by atoms with van der Waals surface area (Å²) in [6.07, 6.45) is -0.521. The highest BCUT2D eigenvalue weighted by atomic mass is 16.5. The van der Waals surface area contributed by atoms with E-state index < -0.39 is 12.1 Å². The minimum Gasteiger partial charge on any atom is -0.479 e. The molecule has 22 heavy (non-hydrogen) atoms. The Balaban J connectivity index is 0.000000246. The second kappa shape index (κ2) is 10.1. The Bertz CT molecular complexity index is 286. The van der Waals surface area contributed by atoms with Gasteiger partial charge in [0.15, 0.2) is 6.17 Å². The minimum atomic E-state index is -0.774. The van der Waals surface area contributed by atoms with Gasteiger partial charge in [-0.05, 0) is 0 Å². The van der Waals surface area contributed by atoms with Gasteiger partial charge in [-0.15, -0.1) is 0 Å². The molecule has 3 rings (SSSR count). The zero-order valence-electron chi connectivity index (χ0n) is 13.0. The van der Waals surface area contributed by atoms with Crippen LogP contribution in [0.3, 0.4) is 0 Å². The molecule has 8 nitrogen and oxygen atoms in total. The lowest BCUT2D eigenvalue weighted by molar-refractivity contribution is -0.158. The van der Waals surface area contributed by atoms with Gasteiger partial charge in [0, 0.05) is 39.3 Å². The molecule has 0 aromatic heterocycles. The third-order valence-electron chi connectivity index (χ3n) is 3.85. The predicted octanol–water partition coefficient (Wildman–Crippen LogP) is -1.33. The molecular weight excluding hydrogens is 290 g/mol. The van der Waals surface area contributed by atoms with E-state index in [-0.39, 0.29) is 0 Å². The molecular formula is C14H27N3O5. The highest BCUT2D eigenvalue weighted by molar-refractivity contribution is 5.73. The van der Waals surface area contributed by atoms with Gasteiger partial charge in [0.05, 0.1) is 39.6 Å². The van der Waals surface area contributed by atoms with Crippen LogP contribution in [0.2, 0.25) is 0 Å². The lowest BCUT2D eigenvalue weighted by Crippen LogP contribution is -2.58. The maximum absolute atomic E-state index is 11.3. The molecule has 2 N–H and O–H groups in total. The van der Waals surface area contributed by atoms with Crippen LogP contribution in [0, 0.1) is 0 Å². The second-order valence-electron chi connectivity index (χ2n) is 5.37. The zero-order valence-corrected chi connectivity index (χ0v) is 13.0. The van der Waals surface area contributed by atoms with E-state index in [2.05, 4.69) is 5.32 Å². The van der Waals surface area contributed by atoms with E-state index in [4.69, 9.17) is 14.2 Å². The van der Waals surface area contributed by atoms with Crippen molar-refractivity contribution < 1.29 is 24.1 Å². The molecule has 0 atom stereocenters. The first kappa shape index (κ1) is 17.6. The number of hydrogen-bond donors (Lipinski definition) is 2. The fraction of sp³-hybridized carbons (Fsp3) is 0.929. The van der Waals surface area contributed by atoms with Crippen molar-refractivity contribution >= 4 is 5.97 Å². The molecule has 128 valence electrons. The van der Waals surface area contributed by atoms with Crippen LogP contribution >= 0.6 is 0 Å². The van der Waals surface area contributed by atoms with Crippen molar-refractivity contribution in [3.8, 4) is 0 Å². The smallest absolute Gasteiger partial charge is 0.336 e. The Hall–Kier alpha value is -0.770. The summed E-state index contributed by atoms with van der Waals surface area (Å²) in [5.41, 5.74) is 0. The molecule has 3 fully saturated rings. The van der Waals surface area contributed by atoms with Crippen LogP contribution in [0.1, 0.15) is 0 Å². The van der Waals surface area contributed by atoms with Gasteiger partial charge in [0.2, 0.25) is 0 Å². The summed E-state index contributed by atoms with van der Waals surface area (Å²) in [4.78, 5) is 15.3. The van der Waals surface area contributed by atoms with E-state index >= 15 is 0 Å². The van der Waals surface area contributed by atoms with Crippen LogP contribution in [-0.4, -0.2) is 106 Å². The molecule has 8 heteroatoms. The van der Waals surface area contributed by atoms with Crippen molar-refractivity contribution in [2.45, 2.75) is 6.17 Å².